The van der Waals surface area contributed by atoms with Gasteiger partial charge in [0, 0.05) is 6.42 Å². The van der Waals surface area contributed by atoms with E-state index in [1.165, 1.54) is 76.2 Å². The Morgan fingerprint density at radius 2 is 1.27 bits per heavy atom. The van der Waals surface area contributed by atoms with Crippen LogP contribution in [-0.4, -0.2) is 11.1 Å². The molecule has 0 aliphatic heterocycles. The van der Waals surface area contributed by atoms with Gasteiger partial charge in [-0.05, 0) is 30.7 Å². The van der Waals surface area contributed by atoms with Crippen molar-refractivity contribution in [3.8, 4) is 0 Å². The van der Waals surface area contributed by atoms with Gasteiger partial charge >= 0.3 is 5.97 Å². The number of hydrogen-bond donors (Lipinski definition) is 1. The summed E-state index contributed by atoms with van der Waals surface area (Å²) < 4.78 is 0. The number of carboxylic acids is 1. The molecule has 26 heavy (non-hydrogen) atoms. The Balaban J connectivity index is 2.17. The molecule has 0 aliphatic carbocycles. The first-order valence-corrected chi connectivity index (χ1v) is 11.0. The van der Waals surface area contributed by atoms with Crippen LogP contribution in [0, 0.1) is 0 Å². The number of unbranched alkanes of at least 4 members (excludes halogenated alkanes) is 10. The number of carboxylic acid groups (broad SMARTS) is 1. The molecule has 0 aromatic heterocycles. The maximum Gasteiger partial charge on any atom is 0.303 e. The highest BCUT2D eigenvalue weighted by molar-refractivity contribution is 5.66. The van der Waals surface area contributed by atoms with Crippen LogP contribution in [-0.2, 0) is 4.79 Å². The molecule has 2 heteroatoms. The highest BCUT2D eigenvalue weighted by atomic mass is 16.4. The predicted molar refractivity (Wildman–Crippen MR) is 112 cm³/mol. The molecule has 0 fully saturated rings. The molecular weight excluding hydrogens is 320 g/mol. The van der Waals surface area contributed by atoms with Gasteiger partial charge in [-0.15, -0.1) is 0 Å². The number of carbonyl (C=O) groups is 1. The third kappa shape index (κ3) is 12.1. The summed E-state index contributed by atoms with van der Waals surface area (Å²) in [5, 5.41) is 8.80. The topological polar surface area (TPSA) is 37.3 Å². The number of rotatable bonds is 17. The Morgan fingerprint density at radius 3 is 1.81 bits per heavy atom. The van der Waals surface area contributed by atoms with E-state index in [9.17, 15) is 4.79 Å². The fraction of sp³-hybridized carbons (Fsp3) is 0.708. The van der Waals surface area contributed by atoms with Crippen molar-refractivity contribution in [2.45, 2.75) is 109 Å². The van der Waals surface area contributed by atoms with E-state index >= 15 is 0 Å². The van der Waals surface area contributed by atoms with E-state index in [4.69, 9.17) is 5.11 Å². The Bertz CT molecular complexity index is 441. The third-order valence-corrected chi connectivity index (χ3v) is 5.37. The van der Waals surface area contributed by atoms with Gasteiger partial charge in [-0.2, -0.15) is 0 Å². The van der Waals surface area contributed by atoms with E-state index in [0.717, 1.165) is 19.3 Å². The fourth-order valence-electron chi connectivity index (χ4n) is 3.75. The molecule has 1 aromatic carbocycles. The Morgan fingerprint density at radius 1 is 0.769 bits per heavy atom. The summed E-state index contributed by atoms with van der Waals surface area (Å²) in [6.07, 6.45) is 18.3. The predicted octanol–water partition coefficient (Wildman–Crippen LogP) is 7.73. The van der Waals surface area contributed by atoms with E-state index in [1.54, 1.807) is 0 Å². The highest BCUT2D eigenvalue weighted by Crippen LogP contribution is 2.28. The van der Waals surface area contributed by atoms with Crippen LogP contribution in [0.25, 0.3) is 0 Å². The molecule has 1 N–H and O–H groups in total. The van der Waals surface area contributed by atoms with Crippen LogP contribution in [0.3, 0.4) is 0 Å². The van der Waals surface area contributed by atoms with Gasteiger partial charge in [0.25, 0.3) is 0 Å². The SMILES string of the molecule is CCCCCCCCCCCCC(CCCCC(=O)O)c1ccccc1. The lowest BCUT2D eigenvalue weighted by Gasteiger charge is -2.17. The lowest BCUT2D eigenvalue weighted by molar-refractivity contribution is -0.137. The minimum absolute atomic E-state index is 0.305. The number of aliphatic carboxylic acids is 1. The summed E-state index contributed by atoms with van der Waals surface area (Å²) >= 11 is 0. The first kappa shape index (κ1) is 22.7. The molecule has 0 saturated carbocycles. The Labute approximate surface area is 161 Å². The zero-order valence-corrected chi connectivity index (χ0v) is 16.9. The second-order valence-corrected chi connectivity index (χ2v) is 7.72. The monoisotopic (exact) mass is 360 g/mol. The average molecular weight is 361 g/mol. The van der Waals surface area contributed by atoms with Crippen LogP contribution in [0.15, 0.2) is 30.3 Å². The zero-order valence-electron chi connectivity index (χ0n) is 16.9. The molecule has 1 unspecified atom stereocenters. The molecule has 0 bridgehead atoms. The lowest BCUT2D eigenvalue weighted by atomic mass is 9.88. The molecule has 0 spiro atoms. The number of hydrogen-bond acceptors (Lipinski definition) is 1. The van der Waals surface area contributed by atoms with E-state index in [1.807, 2.05) is 0 Å². The van der Waals surface area contributed by atoms with Crippen LogP contribution < -0.4 is 0 Å². The largest absolute Gasteiger partial charge is 0.481 e. The quantitative estimate of drug-likeness (QED) is 0.289. The van der Waals surface area contributed by atoms with Crippen LogP contribution in [0.5, 0.6) is 0 Å². The van der Waals surface area contributed by atoms with E-state index < -0.39 is 5.97 Å². The average Bonchev–Trinajstić information content (AvgIpc) is 2.65. The van der Waals surface area contributed by atoms with Gasteiger partial charge in [-0.1, -0.05) is 108 Å². The molecule has 148 valence electrons. The smallest absolute Gasteiger partial charge is 0.303 e. The van der Waals surface area contributed by atoms with Gasteiger partial charge in [0.15, 0.2) is 0 Å². The summed E-state index contributed by atoms with van der Waals surface area (Å²) in [6.45, 7) is 2.27. The highest BCUT2D eigenvalue weighted by Gasteiger charge is 2.11. The van der Waals surface area contributed by atoms with Gasteiger partial charge in [-0.25, -0.2) is 0 Å². The molecule has 0 heterocycles. The van der Waals surface area contributed by atoms with E-state index in [2.05, 4.69) is 37.3 Å². The molecule has 1 atom stereocenters. The maximum absolute atomic E-state index is 10.7. The molecule has 0 saturated heterocycles. The van der Waals surface area contributed by atoms with Crippen LogP contribution in [0.4, 0.5) is 0 Å². The van der Waals surface area contributed by atoms with Crippen LogP contribution in [0.1, 0.15) is 115 Å². The summed E-state index contributed by atoms with van der Waals surface area (Å²) in [4.78, 5) is 10.7. The lowest BCUT2D eigenvalue weighted by Crippen LogP contribution is -2.01. The molecule has 1 aromatic rings. The van der Waals surface area contributed by atoms with Crippen molar-refractivity contribution in [2.24, 2.45) is 0 Å². The van der Waals surface area contributed by atoms with Crippen molar-refractivity contribution in [2.75, 3.05) is 0 Å². The van der Waals surface area contributed by atoms with Crippen molar-refractivity contribution in [3.05, 3.63) is 35.9 Å². The van der Waals surface area contributed by atoms with Crippen LogP contribution in [0.2, 0.25) is 0 Å². The molecular formula is C24H40O2. The van der Waals surface area contributed by atoms with Crippen molar-refractivity contribution in [1.82, 2.24) is 0 Å². The molecule has 2 nitrogen and oxygen atoms in total. The maximum atomic E-state index is 10.7. The molecule has 0 aliphatic rings. The normalized spacial score (nSPS) is 12.2. The van der Waals surface area contributed by atoms with E-state index in [-0.39, 0.29) is 0 Å². The second kappa shape index (κ2) is 15.9. The first-order valence-electron chi connectivity index (χ1n) is 11.0. The zero-order chi connectivity index (χ0) is 18.9. The van der Waals surface area contributed by atoms with Gasteiger partial charge < -0.3 is 5.11 Å². The van der Waals surface area contributed by atoms with Gasteiger partial charge in [0.1, 0.15) is 0 Å². The van der Waals surface area contributed by atoms with E-state index in [0.29, 0.717) is 12.3 Å². The molecule has 1 rings (SSSR count). The van der Waals surface area contributed by atoms with Gasteiger partial charge in [0.2, 0.25) is 0 Å². The summed E-state index contributed by atoms with van der Waals surface area (Å²) in [5.41, 5.74) is 1.43. The Hall–Kier alpha value is -1.31. The Kier molecular flexibility index (Phi) is 13.9. The fourth-order valence-corrected chi connectivity index (χ4v) is 3.75. The minimum Gasteiger partial charge on any atom is -0.481 e. The van der Waals surface area contributed by atoms with Crippen LogP contribution >= 0.6 is 0 Å². The summed E-state index contributed by atoms with van der Waals surface area (Å²) in [5.74, 6) is -0.0741. The van der Waals surface area contributed by atoms with Gasteiger partial charge in [0.05, 0.1) is 0 Å². The third-order valence-electron chi connectivity index (χ3n) is 5.37. The van der Waals surface area contributed by atoms with Crippen molar-refractivity contribution < 1.29 is 9.90 Å². The second-order valence-electron chi connectivity index (χ2n) is 7.72. The number of benzene rings is 1. The summed E-state index contributed by atoms with van der Waals surface area (Å²) in [6, 6.07) is 10.8. The van der Waals surface area contributed by atoms with Crippen molar-refractivity contribution >= 4 is 5.97 Å². The first-order chi connectivity index (χ1) is 12.7. The standard InChI is InChI=1S/C24H40O2/c1-2-3-4-5-6-7-8-9-10-12-17-23(20-15-16-21-24(25)26)22-18-13-11-14-19-22/h11,13-14,18-19,23H,2-10,12,15-17,20-21H2,1H3,(H,25,26). The minimum atomic E-state index is -0.670. The van der Waals surface area contributed by atoms with Gasteiger partial charge in [-0.3, -0.25) is 4.79 Å². The molecule has 0 radical (unpaired) electrons. The molecule has 0 amide bonds. The van der Waals surface area contributed by atoms with Crippen molar-refractivity contribution in [1.29, 1.82) is 0 Å². The summed E-state index contributed by atoms with van der Waals surface area (Å²) in [7, 11) is 0. The van der Waals surface area contributed by atoms with Crippen molar-refractivity contribution in [3.63, 3.8) is 0 Å².